The van der Waals surface area contributed by atoms with Crippen molar-refractivity contribution in [2.75, 3.05) is 13.2 Å². The Kier molecular flexibility index (Phi) is 3.97. The van der Waals surface area contributed by atoms with Crippen LogP contribution < -0.4 is 4.74 Å². The van der Waals surface area contributed by atoms with Gasteiger partial charge in [-0.15, -0.1) is 0 Å². The smallest absolute Gasteiger partial charge is 0.416 e. The highest BCUT2D eigenvalue weighted by Crippen LogP contribution is 2.32. The maximum Gasteiger partial charge on any atom is 0.416 e. The van der Waals surface area contributed by atoms with Crippen LogP contribution in [0.4, 0.5) is 13.2 Å². The Morgan fingerprint density at radius 1 is 1.44 bits per heavy atom. The van der Waals surface area contributed by atoms with Gasteiger partial charge in [0.25, 0.3) is 0 Å². The fraction of sp³-hybridized carbons (Fsp3) is 0.545. The molecule has 2 rings (SSSR count). The Morgan fingerprint density at radius 2 is 2.22 bits per heavy atom. The molecule has 1 aromatic rings. The van der Waals surface area contributed by atoms with Gasteiger partial charge < -0.3 is 9.47 Å². The number of alkyl halides is 3. The van der Waals surface area contributed by atoms with Gasteiger partial charge >= 0.3 is 6.18 Å². The Morgan fingerprint density at radius 3 is 2.83 bits per heavy atom. The van der Waals surface area contributed by atoms with Crippen molar-refractivity contribution in [3.63, 3.8) is 0 Å². The summed E-state index contributed by atoms with van der Waals surface area (Å²) in [6.45, 7) is 0.843. The fourth-order valence-corrected chi connectivity index (χ4v) is 1.87. The molecule has 18 heavy (non-hydrogen) atoms. The molecule has 7 heteroatoms. The number of pyridine rings is 1. The molecule has 1 saturated heterocycles. The Labute approximate surface area is 107 Å². The van der Waals surface area contributed by atoms with Crippen LogP contribution >= 0.6 is 11.6 Å². The summed E-state index contributed by atoms with van der Waals surface area (Å²) in [5.74, 6) is -0.134. The molecule has 100 valence electrons. The number of hydrogen-bond donors (Lipinski definition) is 0. The van der Waals surface area contributed by atoms with Crippen molar-refractivity contribution in [2.45, 2.75) is 25.1 Å². The van der Waals surface area contributed by atoms with Crippen LogP contribution in [-0.4, -0.2) is 24.3 Å². The van der Waals surface area contributed by atoms with Crippen LogP contribution in [-0.2, 0) is 10.9 Å². The van der Waals surface area contributed by atoms with E-state index in [2.05, 4.69) is 4.98 Å². The lowest BCUT2D eigenvalue weighted by atomic mass is 10.2. The minimum Gasteiger partial charge on any atom is -0.475 e. The number of halogens is 4. The first-order valence-electron chi connectivity index (χ1n) is 5.44. The van der Waals surface area contributed by atoms with Gasteiger partial charge in [-0.2, -0.15) is 13.2 Å². The average molecular weight is 282 g/mol. The van der Waals surface area contributed by atoms with E-state index in [4.69, 9.17) is 21.1 Å². The van der Waals surface area contributed by atoms with Crippen LogP contribution in [0.3, 0.4) is 0 Å². The molecule has 0 bridgehead atoms. The van der Waals surface area contributed by atoms with Crippen molar-refractivity contribution in [3.8, 4) is 5.88 Å². The fourth-order valence-electron chi connectivity index (χ4n) is 1.66. The maximum atomic E-state index is 12.5. The van der Waals surface area contributed by atoms with Crippen LogP contribution in [0.5, 0.6) is 5.88 Å². The molecule has 0 saturated carbocycles. The summed E-state index contributed by atoms with van der Waals surface area (Å²) in [6, 6.07) is 1.60. The summed E-state index contributed by atoms with van der Waals surface area (Å²) in [4.78, 5) is 3.70. The van der Waals surface area contributed by atoms with Crippen molar-refractivity contribution >= 4 is 11.6 Å². The van der Waals surface area contributed by atoms with E-state index >= 15 is 0 Å². The molecule has 0 radical (unpaired) electrons. The molecule has 0 amide bonds. The summed E-state index contributed by atoms with van der Waals surface area (Å²) in [7, 11) is 0. The predicted octanol–water partition coefficient (Wildman–Crippen LogP) is 3.31. The molecule has 0 spiro atoms. The van der Waals surface area contributed by atoms with Gasteiger partial charge in [-0.3, -0.25) is 0 Å². The monoisotopic (exact) mass is 281 g/mol. The summed E-state index contributed by atoms with van der Waals surface area (Å²) < 4.78 is 48.0. The van der Waals surface area contributed by atoms with Gasteiger partial charge in [0, 0.05) is 12.7 Å². The van der Waals surface area contributed by atoms with Crippen LogP contribution in [0.15, 0.2) is 12.1 Å². The standard InChI is InChI=1S/C11H11ClF3NO2/c12-9-4-7(11(13,14)15)5-10(16-9)18-6-8-2-1-3-17-8/h4-5,8H,1-3,6H2. The predicted molar refractivity (Wildman–Crippen MR) is 58.7 cm³/mol. The molecule has 1 aliphatic heterocycles. The Balaban J connectivity index is 2.05. The second kappa shape index (κ2) is 5.32. The number of hydrogen-bond acceptors (Lipinski definition) is 3. The van der Waals surface area contributed by atoms with E-state index in [9.17, 15) is 13.2 Å². The first-order chi connectivity index (χ1) is 8.45. The third-order valence-corrected chi connectivity index (χ3v) is 2.73. The van der Waals surface area contributed by atoms with E-state index in [1.54, 1.807) is 0 Å². The van der Waals surface area contributed by atoms with E-state index in [0.29, 0.717) is 6.61 Å². The molecule has 0 aromatic carbocycles. The van der Waals surface area contributed by atoms with Gasteiger partial charge in [0.05, 0.1) is 11.7 Å². The zero-order valence-corrected chi connectivity index (χ0v) is 10.1. The summed E-state index contributed by atoms with van der Waals surface area (Å²) in [5.41, 5.74) is -0.871. The lowest BCUT2D eigenvalue weighted by Crippen LogP contribution is -2.17. The SMILES string of the molecule is FC(F)(F)c1cc(Cl)nc(OCC2CCCO2)c1. The molecule has 0 aliphatic carbocycles. The summed E-state index contributed by atoms with van der Waals surface area (Å²) in [5, 5.41) is -0.243. The quantitative estimate of drug-likeness (QED) is 0.797. The first kappa shape index (κ1) is 13.4. The summed E-state index contributed by atoms with van der Waals surface area (Å²) >= 11 is 5.53. The second-order valence-electron chi connectivity index (χ2n) is 3.96. The van der Waals surface area contributed by atoms with Crippen LogP contribution in [0.1, 0.15) is 18.4 Å². The highest BCUT2D eigenvalue weighted by atomic mass is 35.5. The highest BCUT2D eigenvalue weighted by Gasteiger charge is 2.32. The zero-order valence-electron chi connectivity index (χ0n) is 9.34. The molecule has 3 nitrogen and oxygen atoms in total. The lowest BCUT2D eigenvalue weighted by molar-refractivity contribution is -0.137. The van der Waals surface area contributed by atoms with Crippen molar-refractivity contribution in [3.05, 3.63) is 22.8 Å². The largest absolute Gasteiger partial charge is 0.475 e. The lowest BCUT2D eigenvalue weighted by Gasteiger charge is -2.12. The molecule has 1 fully saturated rings. The molecule has 1 aliphatic rings. The van der Waals surface area contributed by atoms with Gasteiger partial charge in [-0.1, -0.05) is 11.6 Å². The minimum absolute atomic E-state index is 0.0832. The van der Waals surface area contributed by atoms with Crippen molar-refractivity contribution in [1.82, 2.24) is 4.98 Å². The molecular weight excluding hydrogens is 271 g/mol. The number of nitrogens with zero attached hydrogens (tertiary/aromatic N) is 1. The molecular formula is C11H11ClF3NO2. The molecule has 1 unspecified atom stereocenters. The molecule has 1 atom stereocenters. The van der Waals surface area contributed by atoms with E-state index < -0.39 is 11.7 Å². The van der Waals surface area contributed by atoms with E-state index in [-0.39, 0.29) is 23.7 Å². The van der Waals surface area contributed by atoms with Gasteiger partial charge in [0.2, 0.25) is 5.88 Å². The topological polar surface area (TPSA) is 31.4 Å². The number of ether oxygens (including phenoxy) is 2. The Hall–Kier alpha value is -1.01. The van der Waals surface area contributed by atoms with E-state index in [0.717, 1.165) is 25.0 Å². The van der Waals surface area contributed by atoms with Crippen molar-refractivity contribution in [2.24, 2.45) is 0 Å². The maximum absolute atomic E-state index is 12.5. The molecule has 0 N–H and O–H groups in total. The van der Waals surface area contributed by atoms with Gasteiger partial charge in [-0.05, 0) is 18.9 Å². The summed E-state index contributed by atoms with van der Waals surface area (Å²) in [6.07, 6.45) is -2.77. The van der Waals surface area contributed by atoms with Crippen LogP contribution in [0.2, 0.25) is 5.15 Å². The van der Waals surface area contributed by atoms with Crippen LogP contribution in [0, 0.1) is 0 Å². The molecule has 2 heterocycles. The highest BCUT2D eigenvalue weighted by molar-refractivity contribution is 6.29. The number of rotatable bonds is 3. The van der Waals surface area contributed by atoms with E-state index in [1.165, 1.54) is 0 Å². The Bertz CT molecular complexity index is 419. The van der Waals surface area contributed by atoms with Crippen molar-refractivity contribution < 1.29 is 22.6 Å². The first-order valence-corrected chi connectivity index (χ1v) is 5.82. The zero-order chi connectivity index (χ0) is 13.2. The third-order valence-electron chi connectivity index (χ3n) is 2.54. The van der Waals surface area contributed by atoms with Gasteiger partial charge in [-0.25, -0.2) is 4.98 Å². The normalized spacial score (nSPS) is 20.1. The number of aromatic nitrogens is 1. The van der Waals surface area contributed by atoms with E-state index in [1.807, 2.05) is 0 Å². The minimum atomic E-state index is -4.46. The van der Waals surface area contributed by atoms with Crippen LogP contribution in [0.25, 0.3) is 0 Å². The molecule has 1 aromatic heterocycles. The third kappa shape index (κ3) is 3.49. The average Bonchev–Trinajstić information content (AvgIpc) is 2.77. The van der Waals surface area contributed by atoms with Gasteiger partial charge in [0.1, 0.15) is 11.8 Å². The van der Waals surface area contributed by atoms with Gasteiger partial charge in [0.15, 0.2) is 0 Å². The second-order valence-corrected chi connectivity index (χ2v) is 4.35. The van der Waals surface area contributed by atoms with Crippen molar-refractivity contribution in [1.29, 1.82) is 0 Å².